The van der Waals surface area contributed by atoms with Crippen LogP contribution in [0, 0.1) is 11.6 Å². The Labute approximate surface area is 189 Å². The number of aromatic amines is 1. The maximum absolute atomic E-state index is 13.8. The Balaban J connectivity index is 1.64. The van der Waals surface area contributed by atoms with Crippen molar-refractivity contribution in [2.75, 3.05) is 25.3 Å². The van der Waals surface area contributed by atoms with Crippen LogP contribution in [0.25, 0.3) is 16.7 Å². The molecule has 9 nitrogen and oxygen atoms in total. The highest BCUT2D eigenvalue weighted by molar-refractivity contribution is 7.99. The molecule has 0 aliphatic carbocycles. The highest BCUT2D eigenvalue weighted by Gasteiger charge is 2.18. The van der Waals surface area contributed by atoms with E-state index in [1.165, 1.54) is 26.5 Å². The van der Waals surface area contributed by atoms with Crippen LogP contribution in [0.5, 0.6) is 11.5 Å². The zero-order chi connectivity index (χ0) is 23.5. The summed E-state index contributed by atoms with van der Waals surface area (Å²) >= 11 is 0.939. The van der Waals surface area contributed by atoms with E-state index in [0.29, 0.717) is 17.2 Å². The smallest absolute Gasteiger partial charge is 0.269 e. The molecule has 33 heavy (non-hydrogen) atoms. The predicted octanol–water partition coefficient (Wildman–Crippen LogP) is 3.14. The molecule has 4 aromatic rings. The molecule has 2 heterocycles. The molecule has 0 saturated carbocycles. The highest BCUT2D eigenvalue weighted by Crippen LogP contribution is 2.29. The summed E-state index contributed by atoms with van der Waals surface area (Å²) in [5.74, 6) is -1.77. The molecule has 2 aromatic heterocycles. The average Bonchev–Trinajstić information content (AvgIpc) is 3.29. The van der Waals surface area contributed by atoms with Gasteiger partial charge < -0.3 is 14.8 Å². The largest absolute Gasteiger partial charge is 0.497 e. The molecule has 0 saturated heterocycles. The van der Waals surface area contributed by atoms with E-state index in [2.05, 4.69) is 20.5 Å². The number of fused-ring (bicyclic) bond motifs is 1. The van der Waals surface area contributed by atoms with Crippen molar-refractivity contribution in [1.29, 1.82) is 0 Å². The van der Waals surface area contributed by atoms with Gasteiger partial charge in [0.15, 0.2) is 22.4 Å². The zero-order valence-electron chi connectivity index (χ0n) is 17.4. The predicted molar refractivity (Wildman–Crippen MR) is 118 cm³/mol. The molecule has 0 atom stereocenters. The van der Waals surface area contributed by atoms with Gasteiger partial charge in [-0.2, -0.15) is 5.10 Å². The number of hydrogen-bond donors (Lipinski definition) is 2. The Morgan fingerprint density at radius 3 is 2.70 bits per heavy atom. The third-order valence-corrected chi connectivity index (χ3v) is 5.56. The van der Waals surface area contributed by atoms with E-state index in [1.807, 2.05) is 0 Å². The molecule has 4 rings (SSSR count). The molecule has 0 unspecified atom stereocenters. The summed E-state index contributed by atoms with van der Waals surface area (Å²) in [6, 6.07) is 7.98. The fourth-order valence-electron chi connectivity index (χ4n) is 3.05. The fraction of sp³-hybridized carbons (Fsp3) is 0.143. The number of anilines is 1. The maximum atomic E-state index is 13.8. The average molecular weight is 473 g/mol. The zero-order valence-corrected chi connectivity index (χ0v) is 18.2. The number of hydrogen-bond acceptors (Lipinski definition) is 7. The van der Waals surface area contributed by atoms with Gasteiger partial charge in [0.25, 0.3) is 5.56 Å². The molecule has 0 radical (unpaired) electrons. The van der Waals surface area contributed by atoms with E-state index >= 15 is 0 Å². The number of halogens is 2. The van der Waals surface area contributed by atoms with Crippen molar-refractivity contribution in [2.45, 2.75) is 5.16 Å². The number of carbonyl (C=O) groups is 1. The molecule has 0 aliphatic rings. The summed E-state index contributed by atoms with van der Waals surface area (Å²) in [6.45, 7) is 0. The first-order chi connectivity index (χ1) is 15.9. The Hall–Kier alpha value is -3.93. The molecule has 0 spiro atoms. The van der Waals surface area contributed by atoms with Gasteiger partial charge in [0.05, 0.1) is 37.5 Å². The fourth-order valence-corrected chi connectivity index (χ4v) is 3.86. The Morgan fingerprint density at radius 2 is 1.97 bits per heavy atom. The first-order valence-corrected chi connectivity index (χ1v) is 10.5. The third kappa shape index (κ3) is 4.51. The van der Waals surface area contributed by atoms with Crippen molar-refractivity contribution in [2.24, 2.45) is 0 Å². The van der Waals surface area contributed by atoms with E-state index in [0.717, 1.165) is 28.5 Å². The van der Waals surface area contributed by atoms with Crippen molar-refractivity contribution >= 4 is 34.4 Å². The van der Waals surface area contributed by atoms with Crippen molar-refractivity contribution in [3.8, 4) is 17.2 Å². The van der Waals surface area contributed by atoms with Gasteiger partial charge in [-0.1, -0.05) is 11.8 Å². The lowest BCUT2D eigenvalue weighted by atomic mass is 10.2. The van der Waals surface area contributed by atoms with Crippen LogP contribution >= 0.6 is 11.8 Å². The van der Waals surface area contributed by atoms with E-state index in [-0.39, 0.29) is 27.6 Å². The molecule has 0 aliphatic heterocycles. The topological polar surface area (TPSA) is 111 Å². The van der Waals surface area contributed by atoms with Crippen LogP contribution in [0.2, 0.25) is 0 Å². The molecule has 1 amide bonds. The second-order valence-electron chi connectivity index (χ2n) is 6.67. The molecular formula is C21H17F2N5O4S. The molecule has 2 aromatic carbocycles. The van der Waals surface area contributed by atoms with Crippen LogP contribution in [-0.4, -0.2) is 45.6 Å². The maximum Gasteiger partial charge on any atom is 0.269 e. The monoisotopic (exact) mass is 473 g/mol. The number of rotatable bonds is 7. The van der Waals surface area contributed by atoms with Crippen LogP contribution in [-0.2, 0) is 4.79 Å². The minimum Gasteiger partial charge on any atom is -0.497 e. The SMILES string of the molecule is COc1ccc(OC)c(NC(=O)CSc2nc3[nH]ncc3c(=O)n2-c2ccc(F)c(F)c2)c1. The number of nitrogens with zero attached hydrogens (tertiary/aromatic N) is 3. The number of aromatic nitrogens is 4. The molecule has 0 fully saturated rings. The molecule has 0 bridgehead atoms. The summed E-state index contributed by atoms with van der Waals surface area (Å²) in [7, 11) is 2.97. The van der Waals surface area contributed by atoms with Gasteiger partial charge in [-0.3, -0.25) is 19.3 Å². The van der Waals surface area contributed by atoms with Gasteiger partial charge in [-0.15, -0.1) is 0 Å². The van der Waals surface area contributed by atoms with Gasteiger partial charge >= 0.3 is 0 Å². The number of benzene rings is 2. The number of nitrogens with one attached hydrogen (secondary N) is 2. The van der Waals surface area contributed by atoms with Crippen molar-refractivity contribution in [3.05, 3.63) is 64.6 Å². The van der Waals surface area contributed by atoms with Crippen molar-refractivity contribution in [3.63, 3.8) is 0 Å². The number of amides is 1. The summed E-state index contributed by atoms with van der Waals surface area (Å²) in [6.07, 6.45) is 1.29. The van der Waals surface area contributed by atoms with Crippen LogP contribution < -0.4 is 20.3 Å². The molecule has 12 heteroatoms. The standard InChI is InChI=1S/C21H17F2N5O4S/c1-31-12-4-6-17(32-2)16(8-12)25-18(29)10-33-21-26-19-13(9-24-27-19)20(30)28(21)11-3-5-14(22)15(23)7-11/h3-9H,10H2,1-2H3,(H,24,27)(H,25,29). The molecule has 170 valence electrons. The number of H-pyrrole nitrogens is 1. The summed E-state index contributed by atoms with van der Waals surface area (Å²) in [5, 5.41) is 9.38. The quantitative estimate of drug-likeness (QED) is 0.313. The van der Waals surface area contributed by atoms with Gasteiger partial charge in [-0.05, 0) is 24.3 Å². The van der Waals surface area contributed by atoms with Crippen molar-refractivity contribution < 1.29 is 23.0 Å². The first kappa shape index (κ1) is 22.3. The van der Waals surface area contributed by atoms with E-state index in [1.54, 1.807) is 18.2 Å². The number of ether oxygens (including phenoxy) is 2. The normalized spacial score (nSPS) is 10.9. The Bertz CT molecular complexity index is 1410. The summed E-state index contributed by atoms with van der Waals surface area (Å²) in [4.78, 5) is 30.0. The van der Waals surface area contributed by atoms with E-state index in [9.17, 15) is 18.4 Å². The first-order valence-electron chi connectivity index (χ1n) is 9.47. The van der Waals surface area contributed by atoms with Gasteiger partial charge in [0.1, 0.15) is 16.9 Å². The summed E-state index contributed by atoms with van der Waals surface area (Å²) < 4.78 is 38.8. The molecular weight excluding hydrogens is 456 g/mol. The van der Waals surface area contributed by atoms with Crippen LogP contribution in [0.3, 0.4) is 0 Å². The lowest BCUT2D eigenvalue weighted by Gasteiger charge is -2.13. The van der Waals surface area contributed by atoms with Gasteiger partial charge in [0.2, 0.25) is 5.91 Å². The number of carbonyl (C=O) groups excluding carboxylic acids is 1. The minimum absolute atomic E-state index is 0.0619. The van der Waals surface area contributed by atoms with E-state index < -0.39 is 23.1 Å². The molecule has 2 N–H and O–H groups in total. The van der Waals surface area contributed by atoms with Gasteiger partial charge in [0, 0.05) is 12.1 Å². The van der Waals surface area contributed by atoms with Crippen molar-refractivity contribution in [1.82, 2.24) is 19.7 Å². The Morgan fingerprint density at radius 1 is 1.15 bits per heavy atom. The van der Waals surface area contributed by atoms with E-state index in [4.69, 9.17) is 9.47 Å². The van der Waals surface area contributed by atoms with Crippen LogP contribution in [0.4, 0.5) is 14.5 Å². The lowest BCUT2D eigenvalue weighted by Crippen LogP contribution is -2.23. The highest BCUT2D eigenvalue weighted by atomic mass is 32.2. The minimum atomic E-state index is -1.12. The third-order valence-electron chi connectivity index (χ3n) is 4.63. The second-order valence-corrected chi connectivity index (χ2v) is 7.61. The number of thioether (sulfide) groups is 1. The van der Waals surface area contributed by atoms with Crippen LogP contribution in [0.15, 0.2) is 52.5 Å². The Kier molecular flexibility index (Phi) is 6.27. The number of methoxy groups -OCH3 is 2. The van der Waals surface area contributed by atoms with Crippen LogP contribution in [0.1, 0.15) is 0 Å². The van der Waals surface area contributed by atoms with Gasteiger partial charge in [-0.25, -0.2) is 13.8 Å². The second kappa shape index (κ2) is 9.28. The lowest BCUT2D eigenvalue weighted by molar-refractivity contribution is -0.113. The summed E-state index contributed by atoms with van der Waals surface area (Å²) in [5.41, 5.74) is 0.123.